The lowest BCUT2D eigenvalue weighted by atomic mass is 10.0. The minimum atomic E-state index is -0.297. The van der Waals surface area contributed by atoms with Crippen LogP contribution in [0.3, 0.4) is 0 Å². The summed E-state index contributed by atoms with van der Waals surface area (Å²) in [6.07, 6.45) is 10.3. The number of hydrogen-bond acceptors (Lipinski definition) is 2. The highest BCUT2D eigenvalue weighted by atomic mass is 16.3. The summed E-state index contributed by atoms with van der Waals surface area (Å²) in [7, 11) is 1.82. The van der Waals surface area contributed by atoms with Gasteiger partial charge < -0.3 is 10.0 Å². The Balaban J connectivity index is 1.57. The summed E-state index contributed by atoms with van der Waals surface area (Å²) in [4.78, 5) is 13.6. The van der Waals surface area contributed by atoms with Gasteiger partial charge in [0.25, 0.3) is 0 Å². The van der Waals surface area contributed by atoms with Crippen LogP contribution in [-0.4, -0.2) is 35.6 Å². The summed E-state index contributed by atoms with van der Waals surface area (Å²) in [6, 6.07) is 0. The summed E-state index contributed by atoms with van der Waals surface area (Å²) >= 11 is 0. The van der Waals surface area contributed by atoms with E-state index in [1.54, 1.807) is 4.90 Å². The average Bonchev–Trinajstić information content (AvgIpc) is 3.08. The lowest BCUT2D eigenvalue weighted by Gasteiger charge is -2.21. The Kier molecular flexibility index (Phi) is 5.04. The normalized spacial score (nSPS) is 22.1. The molecule has 0 radical (unpaired) electrons. The third kappa shape index (κ3) is 4.27. The molecule has 3 nitrogen and oxygen atoms in total. The van der Waals surface area contributed by atoms with Crippen LogP contribution < -0.4 is 0 Å². The number of carbonyl (C=O) groups is 1. The second kappa shape index (κ2) is 6.55. The quantitative estimate of drug-likeness (QED) is 0.757. The van der Waals surface area contributed by atoms with Crippen molar-refractivity contribution < 1.29 is 9.90 Å². The van der Waals surface area contributed by atoms with Gasteiger partial charge in [0.1, 0.15) is 0 Å². The molecule has 0 aliphatic heterocycles. The molecular weight excluding hydrogens is 226 g/mol. The van der Waals surface area contributed by atoms with E-state index in [-0.39, 0.29) is 12.0 Å². The van der Waals surface area contributed by atoms with Crippen molar-refractivity contribution >= 4 is 5.91 Å². The molecule has 1 N–H and O–H groups in total. The number of aliphatic hydroxyl groups excluding tert-OH is 1. The van der Waals surface area contributed by atoms with Crippen LogP contribution in [0.1, 0.15) is 57.8 Å². The first-order valence-electron chi connectivity index (χ1n) is 7.59. The summed E-state index contributed by atoms with van der Waals surface area (Å²) in [5.41, 5.74) is 0. The molecule has 1 unspecified atom stereocenters. The second-order valence-corrected chi connectivity index (χ2v) is 6.22. The first kappa shape index (κ1) is 13.9. The Labute approximate surface area is 111 Å². The monoisotopic (exact) mass is 253 g/mol. The molecule has 0 heterocycles. The number of amides is 1. The number of carbonyl (C=O) groups excluding carboxylic acids is 1. The predicted octanol–water partition coefficient (Wildman–Crippen LogP) is 2.58. The van der Waals surface area contributed by atoms with Crippen LogP contribution >= 0.6 is 0 Å². The third-order valence-electron chi connectivity index (χ3n) is 4.53. The van der Waals surface area contributed by atoms with Gasteiger partial charge in [-0.05, 0) is 37.5 Å². The van der Waals surface area contributed by atoms with Gasteiger partial charge in [-0.3, -0.25) is 4.79 Å². The van der Waals surface area contributed by atoms with Crippen LogP contribution in [0.4, 0.5) is 0 Å². The minimum absolute atomic E-state index is 0.202. The summed E-state index contributed by atoms with van der Waals surface area (Å²) in [5, 5.41) is 9.81. The van der Waals surface area contributed by atoms with E-state index in [1.165, 1.54) is 32.1 Å². The zero-order chi connectivity index (χ0) is 13.0. The first-order valence-corrected chi connectivity index (χ1v) is 7.59. The minimum Gasteiger partial charge on any atom is -0.391 e. The maximum absolute atomic E-state index is 11.9. The Morgan fingerprint density at radius 2 is 1.94 bits per heavy atom. The van der Waals surface area contributed by atoms with Crippen LogP contribution in [0.2, 0.25) is 0 Å². The van der Waals surface area contributed by atoms with E-state index in [4.69, 9.17) is 0 Å². The number of aliphatic hydroxyl groups is 1. The van der Waals surface area contributed by atoms with Crippen LogP contribution in [0.5, 0.6) is 0 Å². The summed E-state index contributed by atoms with van der Waals surface area (Å²) in [5.74, 6) is 1.53. The molecule has 0 bridgehead atoms. The number of likely N-dealkylation sites (N-methyl/N-ethyl adjacent to an activating group) is 1. The molecule has 0 aromatic rings. The topological polar surface area (TPSA) is 40.5 Å². The van der Waals surface area contributed by atoms with Gasteiger partial charge in [-0.15, -0.1) is 0 Å². The van der Waals surface area contributed by atoms with Crippen molar-refractivity contribution in [1.82, 2.24) is 4.90 Å². The predicted molar refractivity (Wildman–Crippen MR) is 72.2 cm³/mol. The van der Waals surface area contributed by atoms with Crippen LogP contribution in [0.25, 0.3) is 0 Å². The van der Waals surface area contributed by atoms with Crippen molar-refractivity contribution in [1.29, 1.82) is 0 Å². The Morgan fingerprint density at radius 1 is 1.28 bits per heavy atom. The standard InChI is InChI=1S/C15H27NO2/c1-16(11-14(17)13-9-10-13)15(18)8-4-7-12-5-2-3-6-12/h12-14,17H,2-11H2,1H3. The zero-order valence-electron chi connectivity index (χ0n) is 11.6. The molecule has 0 saturated heterocycles. The molecule has 18 heavy (non-hydrogen) atoms. The molecule has 2 aliphatic carbocycles. The van der Waals surface area contributed by atoms with Crippen molar-refractivity contribution in [3.8, 4) is 0 Å². The number of hydrogen-bond donors (Lipinski definition) is 1. The van der Waals surface area contributed by atoms with Crippen molar-refractivity contribution in [2.45, 2.75) is 63.9 Å². The van der Waals surface area contributed by atoms with Crippen LogP contribution in [0, 0.1) is 11.8 Å². The van der Waals surface area contributed by atoms with E-state index in [2.05, 4.69) is 0 Å². The fourth-order valence-corrected chi connectivity index (χ4v) is 3.04. The van der Waals surface area contributed by atoms with E-state index in [1.807, 2.05) is 7.05 Å². The molecular formula is C15H27NO2. The fourth-order valence-electron chi connectivity index (χ4n) is 3.04. The van der Waals surface area contributed by atoms with Gasteiger partial charge in [-0.25, -0.2) is 0 Å². The highest BCUT2D eigenvalue weighted by Crippen LogP contribution is 2.33. The number of rotatable bonds is 7. The van der Waals surface area contributed by atoms with E-state index in [0.717, 1.165) is 25.2 Å². The first-order chi connectivity index (χ1) is 8.66. The highest BCUT2D eigenvalue weighted by molar-refractivity contribution is 5.75. The largest absolute Gasteiger partial charge is 0.391 e. The lowest BCUT2D eigenvalue weighted by molar-refractivity contribution is -0.131. The lowest BCUT2D eigenvalue weighted by Crippen LogP contribution is -2.35. The maximum Gasteiger partial charge on any atom is 0.222 e. The molecule has 2 saturated carbocycles. The van der Waals surface area contributed by atoms with Gasteiger partial charge in [0.05, 0.1) is 6.10 Å². The molecule has 0 aromatic heterocycles. The van der Waals surface area contributed by atoms with E-state index in [0.29, 0.717) is 18.9 Å². The zero-order valence-corrected chi connectivity index (χ0v) is 11.6. The molecule has 0 spiro atoms. The Morgan fingerprint density at radius 3 is 2.56 bits per heavy atom. The Hall–Kier alpha value is -0.570. The summed E-state index contributed by atoms with van der Waals surface area (Å²) < 4.78 is 0. The fraction of sp³-hybridized carbons (Fsp3) is 0.933. The SMILES string of the molecule is CN(CC(O)C1CC1)C(=O)CCCC1CCCC1. The van der Waals surface area contributed by atoms with Gasteiger partial charge in [0.2, 0.25) is 5.91 Å². The Bertz CT molecular complexity index is 270. The number of nitrogens with zero attached hydrogens (tertiary/aromatic N) is 1. The van der Waals surface area contributed by atoms with Crippen molar-refractivity contribution in [2.75, 3.05) is 13.6 Å². The second-order valence-electron chi connectivity index (χ2n) is 6.22. The molecule has 104 valence electrons. The summed E-state index contributed by atoms with van der Waals surface area (Å²) in [6.45, 7) is 0.521. The molecule has 1 amide bonds. The molecule has 2 fully saturated rings. The smallest absolute Gasteiger partial charge is 0.222 e. The van der Waals surface area contributed by atoms with Gasteiger partial charge in [-0.1, -0.05) is 25.7 Å². The van der Waals surface area contributed by atoms with E-state index >= 15 is 0 Å². The molecule has 3 heteroatoms. The molecule has 2 aliphatic rings. The van der Waals surface area contributed by atoms with Crippen LogP contribution in [-0.2, 0) is 4.79 Å². The molecule has 0 aromatic carbocycles. The van der Waals surface area contributed by atoms with Gasteiger partial charge >= 0.3 is 0 Å². The van der Waals surface area contributed by atoms with Gasteiger partial charge in [0.15, 0.2) is 0 Å². The van der Waals surface area contributed by atoms with Crippen molar-refractivity contribution in [2.24, 2.45) is 11.8 Å². The van der Waals surface area contributed by atoms with Gasteiger partial charge in [0, 0.05) is 20.0 Å². The van der Waals surface area contributed by atoms with Crippen LogP contribution in [0.15, 0.2) is 0 Å². The molecule has 1 atom stereocenters. The maximum atomic E-state index is 11.9. The van der Waals surface area contributed by atoms with E-state index < -0.39 is 0 Å². The van der Waals surface area contributed by atoms with Crippen molar-refractivity contribution in [3.63, 3.8) is 0 Å². The third-order valence-corrected chi connectivity index (χ3v) is 4.53. The van der Waals surface area contributed by atoms with Crippen molar-refractivity contribution in [3.05, 3.63) is 0 Å². The van der Waals surface area contributed by atoms with E-state index in [9.17, 15) is 9.90 Å². The molecule has 2 rings (SSSR count). The average molecular weight is 253 g/mol. The van der Waals surface area contributed by atoms with Gasteiger partial charge in [-0.2, -0.15) is 0 Å². The highest BCUT2D eigenvalue weighted by Gasteiger charge is 2.31.